The molecule has 1 aromatic carbocycles. The first-order valence-electron chi connectivity index (χ1n) is 8.64. The van der Waals surface area contributed by atoms with Crippen LogP contribution in [0.15, 0.2) is 29.4 Å². The molecule has 2 aromatic rings. The number of ether oxygens (including phenoxy) is 1. The molecule has 1 fully saturated rings. The second-order valence-electron chi connectivity index (χ2n) is 6.11. The number of imidazole rings is 1. The largest absolute Gasteiger partial charge is 0.383 e. The highest BCUT2D eigenvalue weighted by atomic mass is 32.2. The van der Waals surface area contributed by atoms with Crippen molar-refractivity contribution in [3.63, 3.8) is 0 Å². The van der Waals surface area contributed by atoms with Gasteiger partial charge in [0.1, 0.15) is 0 Å². The zero-order valence-electron chi connectivity index (χ0n) is 14.2. The van der Waals surface area contributed by atoms with Crippen molar-refractivity contribution in [3.8, 4) is 0 Å². The van der Waals surface area contributed by atoms with E-state index in [1.54, 1.807) is 7.11 Å². The normalized spacial score (nSPS) is 15.6. The number of fused-ring (bicyclic) bond motifs is 1. The van der Waals surface area contributed by atoms with E-state index in [-0.39, 0.29) is 5.91 Å². The SMILES string of the molecule is COCCn1c(SCC(=O)N2CCCCCC2)nc2ccccc21. The molecule has 0 saturated carbocycles. The van der Waals surface area contributed by atoms with Crippen LogP contribution in [0, 0.1) is 0 Å². The first-order valence-corrected chi connectivity index (χ1v) is 9.63. The van der Waals surface area contributed by atoms with E-state index in [1.807, 2.05) is 23.1 Å². The predicted octanol–water partition coefficient (Wildman–Crippen LogP) is 3.18. The van der Waals surface area contributed by atoms with Gasteiger partial charge in [-0.15, -0.1) is 0 Å². The van der Waals surface area contributed by atoms with Crippen LogP contribution in [0.5, 0.6) is 0 Å². The van der Waals surface area contributed by atoms with E-state index in [4.69, 9.17) is 9.72 Å². The van der Waals surface area contributed by atoms with Gasteiger partial charge < -0.3 is 14.2 Å². The molecule has 1 aliphatic heterocycles. The van der Waals surface area contributed by atoms with Gasteiger partial charge in [-0.25, -0.2) is 4.98 Å². The van der Waals surface area contributed by atoms with Crippen LogP contribution in [-0.4, -0.2) is 52.9 Å². The molecule has 3 rings (SSSR count). The molecular weight excluding hydrogens is 322 g/mol. The van der Waals surface area contributed by atoms with E-state index < -0.39 is 0 Å². The van der Waals surface area contributed by atoms with Gasteiger partial charge >= 0.3 is 0 Å². The molecule has 0 spiro atoms. The Morgan fingerprint density at radius 2 is 1.96 bits per heavy atom. The molecule has 130 valence electrons. The third-order valence-electron chi connectivity index (χ3n) is 4.42. The van der Waals surface area contributed by atoms with Crippen LogP contribution in [0.2, 0.25) is 0 Å². The Hall–Kier alpha value is -1.53. The molecule has 0 bridgehead atoms. The number of benzene rings is 1. The first-order chi connectivity index (χ1) is 11.8. The number of carbonyl (C=O) groups is 1. The summed E-state index contributed by atoms with van der Waals surface area (Å²) in [5.74, 6) is 0.684. The molecule has 0 atom stereocenters. The first kappa shape index (κ1) is 17.3. The fraction of sp³-hybridized carbons (Fsp3) is 0.556. The summed E-state index contributed by atoms with van der Waals surface area (Å²) < 4.78 is 7.37. The molecule has 24 heavy (non-hydrogen) atoms. The van der Waals surface area contributed by atoms with Gasteiger partial charge in [0.2, 0.25) is 5.91 Å². The quantitative estimate of drug-likeness (QED) is 0.753. The number of nitrogens with zero attached hydrogens (tertiary/aromatic N) is 3. The van der Waals surface area contributed by atoms with Crippen LogP contribution in [0.25, 0.3) is 11.0 Å². The van der Waals surface area contributed by atoms with Crippen LogP contribution < -0.4 is 0 Å². The summed E-state index contributed by atoms with van der Waals surface area (Å²) in [7, 11) is 1.70. The fourth-order valence-electron chi connectivity index (χ4n) is 3.10. The van der Waals surface area contributed by atoms with Gasteiger partial charge in [0, 0.05) is 26.7 Å². The van der Waals surface area contributed by atoms with Crippen molar-refractivity contribution in [3.05, 3.63) is 24.3 Å². The second-order valence-corrected chi connectivity index (χ2v) is 7.05. The highest BCUT2D eigenvalue weighted by Crippen LogP contribution is 2.24. The van der Waals surface area contributed by atoms with Crippen molar-refractivity contribution >= 4 is 28.7 Å². The lowest BCUT2D eigenvalue weighted by atomic mass is 10.2. The molecule has 0 unspecified atom stereocenters. The molecule has 1 aliphatic rings. The van der Waals surface area contributed by atoms with Gasteiger partial charge in [-0.2, -0.15) is 0 Å². The summed E-state index contributed by atoms with van der Waals surface area (Å²) in [4.78, 5) is 19.2. The van der Waals surface area contributed by atoms with Gasteiger partial charge in [-0.3, -0.25) is 4.79 Å². The Bertz CT molecular complexity index is 678. The molecule has 1 amide bonds. The highest BCUT2D eigenvalue weighted by molar-refractivity contribution is 7.99. The zero-order valence-corrected chi connectivity index (χ0v) is 15.1. The minimum Gasteiger partial charge on any atom is -0.383 e. The van der Waals surface area contributed by atoms with E-state index in [1.165, 1.54) is 24.6 Å². The summed E-state index contributed by atoms with van der Waals surface area (Å²) in [5.41, 5.74) is 2.07. The van der Waals surface area contributed by atoms with Crippen molar-refractivity contribution < 1.29 is 9.53 Å². The van der Waals surface area contributed by atoms with Gasteiger partial charge in [0.15, 0.2) is 5.16 Å². The van der Waals surface area contributed by atoms with Crippen molar-refractivity contribution in [1.82, 2.24) is 14.5 Å². The number of rotatable bonds is 6. The van der Waals surface area contributed by atoms with E-state index >= 15 is 0 Å². The van der Waals surface area contributed by atoms with Crippen molar-refractivity contribution in [1.29, 1.82) is 0 Å². The average Bonchev–Trinajstić information content (AvgIpc) is 2.76. The van der Waals surface area contributed by atoms with Gasteiger partial charge in [-0.1, -0.05) is 36.7 Å². The molecular formula is C18H25N3O2S. The van der Waals surface area contributed by atoms with Crippen LogP contribution in [0.4, 0.5) is 0 Å². The molecule has 1 aromatic heterocycles. The third kappa shape index (κ3) is 4.11. The monoisotopic (exact) mass is 347 g/mol. The van der Waals surface area contributed by atoms with Gasteiger partial charge in [0.25, 0.3) is 0 Å². The molecule has 0 N–H and O–H groups in total. The minimum absolute atomic E-state index is 0.229. The predicted molar refractivity (Wildman–Crippen MR) is 97.4 cm³/mol. The number of thioether (sulfide) groups is 1. The molecule has 1 saturated heterocycles. The van der Waals surface area contributed by atoms with Crippen molar-refractivity contribution in [2.45, 2.75) is 37.4 Å². The number of methoxy groups -OCH3 is 1. The lowest BCUT2D eigenvalue weighted by Crippen LogP contribution is -2.33. The lowest BCUT2D eigenvalue weighted by Gasteiger charge is -2.20. The maximum Gasteiger partial charge on any atom is 0.233 e. The number of para-hydroxylation sites is 2. The Morgan fingerprint density at radius 1 is 1.21 bits per heavy atom. The molecule has 0 aliphatic carbocycles. The fourth-order valence-corrected chi connectivity index (χ4v) is 4.04. The zero-order chi connectivity index (χ0) is 16.8. The van der Waals surface area contributed by atoms with E-state index in [9.17, 15) is 4.79 Å². The number of carbonyl (C=O) groups excluding carboxylic acids is 1. The maximum atomic E-state index is 12.5. The van der Waals surface area contributed by atoms with Crippen LogP contribution in [0.1, 0.15) is 25.7 Å². The summed E-state index contributed by atoms with van der Waals surface area (Å²) in [6.07, 6.45) is 4.74. The van der Waals surface area contributed by atoms with Gasteiger partial charge in [0.05, 0.1) is 23.4 Å². The van der Waals surface area contributed by atoms with Crippen LogP contribution >= 0.6 is 11.8 Å². The van der Waals surface area contributed by atoms with Crippen molar-refractivity contribution in [2.75, 3.05) is 32.6 Å². The Labute approximate surface area is 147 Å². The molecule has 6 heteroatoms. The van der Waals surface area contributed by atoms with Crippen LogP contribution in [0.3, 0.4) is 0 Å². The van der Waals surface area contributed by atoms with Crippen molar-refractivity contribution in [2.24, 2.45) is 0 Å². The summed E-state index contributed by atoms with van der Waals surface area (Å²) in [5, 5.41) is 0.899. The number of hydrogen-bond donors (Lipinski definition) is 0. The molecule has 2 heterocycles. The van der Waals surface area contributed by atoms with E-state index in [2.05, 4.69) is 10.6 Å². The van der Waals surface area contributed by atoms with Crippen LogP contribution in [-0.2, 0) is 16.1 Å². The Kier molecular flexibility index (Phi) is 6.15. The summed E-state index contributed by atoms with van der Waals surface area (Å²) in [6, 6.07) is 8.09. The summed E-state index contributed by atoms with van der Waals surface area (Å²) >= 11 is 1.54. The maximum absolute atomic E-state index is 12.5. The number of hydrogen-bond acceptors (Lipinski definition) is 4. The minimum atomic E-state index is 0.229. The highest BCUT2D eigenvalue weighted by Gasteiger charge is 2.18. The molecule has 5 nitrogen and oxygen atoms in total. The number of amides is 1. The number of likely N-dealkylation sites (tertiary alicyclic amines) is 1. The third-order valence-corrected chi connectivity index (χ3v) is 5.38. The van der Waals surface area contributed by atoms with E-state index in [0.717, 1.165) is 48.7 Å². The smallest absolute Gasteiger partial charge is 0.233 e. The average molecular weight is 347 g/mol. The summed E-state index contributed by atoms with van der Waals surface area (Å²) in [6.45, 7) is 3.18. The lowest BCUT2D eigenvalue weighted by molar-refractivity contribution is -0.128. The Balaban J connectivity index is 1.70. The second kappa shape index (κ2) is 8.53. The number of aromatic nitrogens is 2. The van der Waals surface area contributed by atoms with Gasteiger partial charge in [-0.05, 0) is 25.0 Å². The Morgan fingerprint density at radius 3 is 2.71 bits per heavy atom. The van der Waals surface area contributed by atoms with E-state index in [0.29, 0.717) is 12.4 Å². The standard InChI is InChI=1S/C18H25N3O2S/c1-23-13-12-21-16-9-5-4-8-15(16)19-18(21)24-14-17(22)20-10-6-2-3-7-11-20/h4-5,8-9H,2-3,6-7,10-14H2,1H3. The topological polar surface area (TPSA) is 47.4 Å². The molecule has 0 radical (unpaired) electrons.